The van der Waals surface area contributed by atoms with Gasteiger partial charge in [-0.1, -0.05) is 145 Å². The Morgan fingerprint density at radius 1 is 0.403 bits per heavy atom. The highest BCUT2D eigenvalue weighted by atomic mass is 35.5. The van der Waals surface area contributed by atoms with Gasteiger partial charge < -0.3 is 18.9 Å². The van der Waals surface area contributed by atoms with Gasteiger partial charge in [-0.15, -0.1) is 0 Å². The molecule has 336 valence electrons. The molecule has 4 aromatic carbocycles. The van der Waals surface area contributed by atoms with Gasteiger partial charge in [-0.05, 0) is 124 Å². The van der Waals surface area contributed by atoms with Crippen molar-refractivity contribution in [3.63, 3.8) is 0 Å². The van der Waals surface area contributed by atoms with Gasteiger partial charge in [-0.3, -0.25) is 9.59 Å². The topological polar surface area (TPSA) is 71.1 Å². The molecule has 0 amide bonds. The zero-order valence-electron chi connectivity index (χ0n) is 39.9. The zero-order valence-corrected chi connectivity index (χ0v) is 41.4. The lowest BCUT2D eigenvalue weighted by molar-refractivity contribution is -0.114. The van der Waals surface area contributed by atoms with E-state index in [1.165, 1.54) is 0 Å². The van der Waals surface area contributed by atoms with Crippen molar-refractivity contribution in [2.24, 2.45) is 0 Å². The van der Waals surface area contributed by atoms with Gasteiger partial charge in [0.15, 0.2) is 13.2 Å². The first-order chi connectivity index (χ1) is 28.8. The number of halogens is 2. The molecule has 0 saturated carbocycles. The number of rotatable bonds is 12. The number of benzene rings is 4. The Labute approximate surface area is 382 Å². The molecule has 1 aliphatic carbocycles. The van der Waals surface area contributed by atoms with E-state index in [2.05, 4.69) is 145 Å². The molecule has 62 heavy (non-hydrogen) atoms. The molecule has 0 spiro atoms. The maximum Gasteiger partial charge on any atom is 0.259 e. The van der Waals surface area contributed by atoms with Crippen LogP contribution in [0.4, 0.5) is 0 Å². The van der Waals surface area contributed by atoms with E-state index in [0.717, 1.165) is 91.1 Å². The minimum absolute atomic E-state index is 0.207. The summed E-state index contributed by atoms with van der Waals surface area (Å²) >= 11 is 12.1. The number of hydrogen-bond acceptors (Lipinski definition) is 6. The molecule has 0 aliphatic heterocycles. The molecule has 0 atom stereocenters. The molecule has 0 saturated heterocycles. The average Bonchev–Trinajstić information content (AvgIpc) is 3.14. The molecule has 0 N–H and O–H groups in total. The van der Waals surface area contributed by atoms with Crippen LogP contribution in [0, 0.1) is 0 Å². The molecule has 5 rings (SSSR count). The van der Waals surface area contributed by atoms with E-state index < -0.39 is 10.5 Å². The Bertz CT molecular complexity index is 2020. The van der Waals surface area contributed by atoms with Crippen molar-refractivity contribution in [3.8, 4) is 23.0 Å². The average molecular weight is 886 g/mol. The summed E-state index contributed by atoms with van der Waals surface area (Å²) in [6.07, 6.45) is 3.54. The minimum atomic E-state index is -0.568. The fourth-order valence-corrected chi connectivity index (χ4v) is 8.14. The Hall–Kier alpha value is -4.00. The maximum absolute atomic E-state index is 12.5. The van der Waals surface area contributed by atoms with Gasteiger partial charge in [-0.2, -0.15) is 0 Å². The van der Waals surface area contributed by atoms with E-state index in [9.17, 15) is 9.59 Å². The van der Waals surface area contributed by atoms with Crippen LogP contribution in [0.1, 0.15) is 177 Å². The van der Waals surface area contributed by atoms with E-state index >= 15 is 0 Å². The Kier molecular flexibility index (Phi) is 15.3. The molecule has 0 radical (unpaired) electrons. The number of carbonyl (C=O) groups excluding carboxylic acids is 2. The number of hydrogen-bond donors (Lipinski definition) is 0. The van der Waals surface area contributed by atoms with E-state index in [1.54, 1.807) is 0 Å². The van der Waals surface area contributed by atoms with Crippen molar-refractivity contribution < 1.29 is 28.5 Å². The predicted octanol–water partition coefficient (Wildman–Crippen LogP) is 13.4. The zero-order chi connectivity index (χ0) is 45.9. The van der Waals surface area contributed by atoms with Gasteiger partial charge in [0, 0.05) is 25.7 Å². The van der Waals surface area contributed by atoms with Crippen LogP contribution in [0.25, 0.3) is 0 Å². The normalized spacial score (nSPS) is 13.4. The largest absolute Gasteiger partial charge is 0.493 e. The summed E-state index contributed by atoms with van der Waals surface area (Å²) in [5.41, 5.74) is 11.6. The second kappa shape index (κ2) is 19.4. The van der Waals surface area contributed by atoms with Gasteiger partial charge in [-0.25, -0.2) is 0 Å². The highest BCUT2D eigenvalue weighted by Crippen LogP contribution is 2.44. The summed E-state index contributed by atoms with van der Waals surface area (Å²) < 4.78 is 26.8. The van der Waals surface area contributed by atoms with E-state index in [-0.39, 0.29) is 34.9 Å². The summed E-state index contributed by atoms with van der Waals surface area (Å²) in [7, 11) is 0. The smallest absolute Gasteiger partial charge is 0.259 e. The molecule has 8 heteroatoms. The van der Waals surface area contributed by atoms with Crippen molar-refractivity contribution in [2.45, 2.75) is 157 Å². The van der Waals surface area contributed by atoms with Crippen LogP contribution in [0.5, 0.6) is 23.0 Å². The molecule has 0 unspecified atom stereocenters. The highest BCUT2D eigenvalue weighted by molar-refractivity contribution is 6.64. The summed E-state index contributed by atoms with van der Waals surface area (Å²) in [4.78, 5) is 25.0. The third-order valence-corrected chi connectivity index (χ3v) is 11.7. The molecule has 4 aromatic rings. The molecule has 0 aromatic heterocycles. The molecule has 6 nitrogen and oxygen atoms in total. The predicted molar refractivity (Wildman–Crippen MR) is 256 cm³/mol. The molecular weight excluding hydrogens is 815 g/mol. The molecule has 0 fully saturated rings. The Morgan fingerprint density at radius 3 is 0.758 bits per heavy atom. The summed E-state index contributed by atoms with van der Waals surface area (Å²) in [6.45, 7) is 31.4. The van der Waals surface area contributed by atoms with Crippen LogP contribution in [0.15, 0.2) is 48.5 Å². The van der Waals surface area contributed by atoms with Crippen molar-refractivity contribution in [1.82, 2.24) is 0 Å². The fourth-order valence-electron chi connectivity index (χ4n) is 8.03. The second-order valence-electron chi connectivity index (χ2n) is 21.2. The second-order valence-corrected chi connectivity index (χ2v) is 22.0. The maximum atomic E-state index is 12.5. The van der Waals surface area contributed by atoms with E-state index in [1.807, 2.05) is 0 Å². The molecule has 8 bridgehead atoms. The van der Waals surface area contributed by atoms with Gasteiger partial charge in [0.2, 0.25) is 0 Å². The monoisotopic (exact) mass is 884 g/mol. The van der Waals surface area contributed by atoms with Crippen LogP contribution in [0.3, 0.4) is 0 Å². The molecule has 1 aliphatic rings. The van der Waals surface area contributed by atoms with Crippen molar-refractivity contribution in [2.75, 3.05) is 26.4 Å². The van der Waals surface area contributed by atoms with Crippen molar-refractivity contribution in [3.05, 3.63) is 115 Å². The molecular formula is C54H70Cl2O6. The van der Waals surface area contributed by atoms with E-state index in [0.29, 0.717) is 50.4 Å². The summed E-state index contributed by atoms with van der Waals surface area (Å²) in [6, 6.07) is 18.0. The number of fused-ring (bicyclic) bond motifs is 8. The van der Waals surface area contributed by atoms with Crippen LogP contribution < -0.4 is 18.9 Å². The number of carbonyl (C=O) groups is 2. The highest BCUT2D eigenvalue weighted by Gasteiger charge is 2.29. The van der Waals surface area contributed by atoms with Crippen LogP contribution >= 0.6 is 23.2 Å². The summed E-state index contributed by atoms with van der Waals surface area (Å²) in [5, 5.41) is -1.14. The van der Waals surface area contributed by atoms with Gasteiger partial charge >= 0.3 is 0 Å². The lowest BCUT2D eigenvalue weighted by Gasteiger charge is -2.29. The Balaban J connectivity index is 2.03. The molecule has 0 heterocycles. The SMILES string of the molecule is CCCOc1c2cc(C(C)(C)C)cc1Cc1cc(C(C)(C)C)cc(c1OCC(=O)Cl)Cc1cc(C(C)(C)C)cc(c1OCCC)Cc1cc(C(C)(C)C)cc(c1OCC(=O)Cl)C2. The third-order valence-electron chi connectivity index (χ3n) is 11.5. The fraction of sp³-hybridized carbons (Fsp3) is 0.519. The van der Waals surface area contributed by atoms with Gasteiger partial charge in [0.25, 0.3) is 10.5 Å². The first kappa shape index (κ1) is 49.0. The minimum Gasteiger partial charge on any atom is -0.493 e. The van der Waals surface area contributed by atoms with Crippen LogP contribution in [-0.4, -0.2) is 36.9 Å². The van der Waals surface area contributed by atoms with Gasteiger partial charge in [0.05, 0.1) is 13.2 Å². The summed E-state index contributed by atoms with van der Waals surface area (Å²) in [5.74, 6) is 2.92. The van der Waals surface area contributed by atoms with Crippen molar-refractivity contribution in [1.29, 1.82) is 0 Å². The Morgan fingerprint density at radius 2 is 0.597 bits per heavy atom. The lowest BCUT2D eigenvalue weighted by atomic mass is 9.79. The standard InChI is InChI=1S/C54H70Cl2O6/c1-15-17-59-47-33-19-37-27-43(53(9,10)11)29-39(49(37)61-31-45(55)57)21-35-25-42(52(6,7)8)26-36(48(35)60-18-16-2)22-40-30-44(54(12,13)14)28-38(50(40)62-32-46(56)58)20-34(47)24-41(23-33)51(3,4)5/h23-30H,15-22,31-32H2,1-14H3. The van der Waals surface area contributed by atoms with Crippen molar-refractivity contribution >= 4 is 33.7 Å². The van der Waals surface area contributed by atoms with Crippen LogP contribution in [-0.2, 0) is 56.9 Å². The van der Waals surface area contributed by atoms with Crippen LogP contribution in [0.2, 0.25) is 0 Å². The number of ether oxygens (including phenoxy) is 4. The first-order valence-electron chi connectivity index (χ1n) is 22.3. The third kappa shape index (κ3) is 12.2. The first-order valence-corrected chi connectivity index (χ1v) is 23.1. The lowest BCUT2D eigenvalue weighted by Crippen LogP contribution is -2.18. The van der Waals surface area contributed by atoms with Gasteiger partial charge in [0.1, 0.15) is 23.0 Å². The quantitative estimate of drug-likeness (QED) is 0.116. The van der Waals surface area contributed by atoms with E-state index in [4.69, 9.17) is 42.1 Å².